The summed E-state index contributed by atoms with van der Waals surface area (Å²) in [4.78, 5) is 5.47. The largest absolute Gasteiger partial charge is 0.411 e. The van der Waals surface area contributed by atoms with E-state index in [1.807, 2.05) is 0 Å². The Labute approximate surface area is 200 Å². The maximum absolute atomic E-state index is 8.85. The molecule has 0 aliphatic carbocycles. The van der Waals surface area contributed by atoms with E-state index >= 15 is 0 Å². The van der Waals surface area contributed by atoms with Gasteiger partial charge in [0.25, 0.3) is 0 Å². The zero-order valence-electron chi connectivity index (χ0n) is 21.8. The molecule has 0 rings (SSSR count). The summed E-state index contributed by atoms with van der Waals surface area (Å²) < 4.78 is 0. The zero-order valence-corrected chi connectivity index (χ0v) is 21.8. The van der Waals surface area contributed by atoms with Gasteiger partial charge in [-0.1, -0.05) is 146 Å². The Bertz CT molecular complexity index is 410. The van der Waals surface area contributed by atoms with Gasteiger partial charge in [-0.15, -0.1) is 0 Å². The number of hydrogen-bond donors (Lipinski definition) is 1. The first kappa shape index (κ1) is 30.9. The van der Waals surface area contributed by atoms with E-state index in [2.05, 4.69) is 24.2 Å². The van der Waals surface area contributed by atoms with Crippen molar-refractivity contribution in [1.82, 2.24) is 0 Å². The van der Waals surface area contributed by atoms with Crippen LogP contribution in [0.2, 0.25) is 0 Å². The van der Waals surface area contributed by atoms with Gasteiger partial charge in [0.05, 0.1) is 6.21 Å². The molecule has 0 atom stereocenters. The molecule has 1 N–H and O–H groups in total. The van der Waals surface area contributed by atoms with Crippen molar-refractivity contribution >= 4 is 11.9 Å². The van der Waals surface area contributed by atoms with E-state index in [1.54, 1.807) is 0 Å². The first-order valence-corrected chi connectivity index (χ1v) is 14.2. The summed E-state index contributed by atoms with van der Waals surface area (Å²) in [5.41, 5.74) is 0.756. The van der Waals surface area contributed by atoms with Gasteiger partial charge in [-0.3, -0.25) is 0 Å². The predicted octanol–water partition coefficient (Wildman–Crippen LogP) is 9.83. The Morgan fingerprint density at radius 3 is 1.34 bits per heavy atom. The molecular weight excluding hydrogens is 396 g/mol. The molecule has 0 aliphatic rings. The monoisotopic (exact) mass is 452 g/mol. The molecule has 0 aromatic carbocycles. The number of nitrogens with zero attached hydrogens (tertiary/aromatic N) is 2. The molecule has 4 nitrogen and oxygen atoms in total. The first-order chi connectivity index (χ1) is 15.8. The highest BCUT2D eigenvalue weighted by atomic mass is 16.6. The maximum Gasteiger partial charge on any atom is 0.117 e. The summed E-state index contributed by atoms with van der Waals surface area (Å²) >= 11 is 0. The van der Waals surface area contributed by atoms with Crippen molar-refractivity contribution in [3.05, 3.63) is 0 Å². The topological polar surface area (TPSA) is 54.2 Å². The van der Waals surface area contributed by atoms with Gasteiger partial charge in [-0.25, -0.2) is 0 Å². The minimum Gasteiger partial charge on any atom is -0.411 e. The Hall–Kier alpha value is -1.06. The SMILES string of the molecule is CCCCCCCCCCCCCON=C(C=NO)CCCCCCCCCCCCC. The fourth-order valence-electron chi connectivity index (χ4n) is 4.13. The van der Waals surface area contributed by atoms with Crippen molar-refractivity contribution < 1.29 is 10.0 Å². The highest BCUT2D eigenvalue weighted by molar-refractivity contribution is 6.30. The van der Waals surface area contributed by atoms with Crippen molar-refractivity contribution in [2.45, 2.75) is 162 Å². The highest BCUT2D eigenvalue weighted by Gasteiger charge is 2.00. The van der Waals surface area contributed by atoms with Gasteiger partial charge in [0.2, 0.25) is 0 Å². The quantitative estimate of drug-likeness (QED) is 0.0614. The molecule has 0 aromatic rings. The molecule has 0 unspecified atom stereocenters. The van der Waals surface area contributed by atoms with Crippen LogP contribution in [0, 0.1) is 0 Å². The van der Waals surface area contributed by atoms with Gasteiger partial charge in [-0.05, 0) is 25.7 Å². The highest BCUT2D eigenvalue weighted by Crippen LogP contribution is 2.13. The number of oxime groups is 2. The average Bonchev–Trinajstić information content (AvgIpc) is 2.80. The predicted molar refractivity (Wildman–Crippen MR) is 141 cm³/mol. The molecule has 0 bridgehead atoms. The van der Waals surface area contributed by atoms with Crippen molar-refractivity contribution in [3.8, 4) is 0 Å². The molecule has 32 heavy (non-hydrogen) atoms. The third-order valence-corrected chi connectivity index (χ3v) is 6.26. The summed E-state index contributed by atoms with van der Waals surface area (Å²) in [6.45, 7) is 5.21. The fraction of sp³-hybridized carbons (Fsp3) is 0.929. The molecule has 0 aromatic heterocycles. The van der Waals surface area contributed by atoms with E-state index in [0.717, 1.165) is 25.0 Å². The normalized spacial score (nSPS) is 12.1. The Morgan fingerprint density at radius 1 is 0.562 bits per heavy atom. The van der Waals surface area contributed by atoms with E-state index in [-0.39, 0.29) is 0 Å². The van der Waals surface area contributed by atoms with Crippen LogP contribution in [0.1, 0.15) is 162 Å². The van der Waals surface area contributed by atoms with E-state index < -0.39 is 0 Å². The van der Waals surface area contributed by atoms with Crippen LogP contribution in [0.4, 0.5) is 0 Å². The molecule has 0 spiro atoms. The lowest BCUT2D eigenvalue weighted by molar-refractivity contribution is 0.139. The van der Waals surface area contributed by atoms with Crippen molar-refractivity contribution in [2.75, 3.05) is 6.61 Å². The van der Waals surface area contributed by atoms with Crippen molar-refractivity contribution in [3.63, 3.8) is 0 Å². The number of unbranched alkanes of at least 4 members (excludes halogenated alkanes) is 20. The van der Waals surface area contributed by atoms with Crippen LogP contribution in [0.25, 0.3) is 0 Å². The minimum atomic E-state index is 0.665. The van der Waals surface area contributed by atoms with E-state index in [1.165, 1.54) is 135 Å². The van der Waals surface area contributed by atoms with Crippen molar-refractivity contribution in [1.29, 1.82) is 0 Å². The molecule has 0 radical (unpaired) electrons. The van der Waals surface area contributed by atoms with E-state index in [4.69, 9.17) is 10.0 Å². The number of rotatable bonds is 26. The van der Waals surface area contributed by atoms with Crippen LogP contribution in [-0.2, 0) is 4.84 Å². The van der Waals surface area contributed by atoms with Crippen LogP contribution < -0.4 is 0 Å². The second kappa shape index (κ2) is 28.0. The van der Waals surface area contributed by atoms with E-state index in [0.29, 0.717) is 6.61 Å². The molecule has 0 saturated carbocycles. The summed E-state index contributed by atoms with van der Waals surface area (Å²) in [5, 5.41) is 16.2. The standard InChI is InChI=1S/C28H56N2O2/c1-3-5-7-9-11-13-15-17-19-21-23-25-28(27-29-31)30-32-26-24-22-20-18-16-14-12-10-8-6-4-2/h27,31H,3-26H2,1-2H3. The molecule has 0 saturated heterocycles. The third kappa shape index (κ3) is 25.2. The molecule has 4 heteroatoms. The van der Waals surface area contributed by atoms with Crippen molar-refractivity contribution in [2.24, 2.45) is 10.3 Å². The van der Waals surface area contributed by atoms with Crippen LogP contribution in [0.5, 0.6) is 0 Å². The van der Waals surface area contributed by atoms with Crippen LogP contribution in [0.3, 0.4) is 0 Å². The lowest BCUT2D eigenvalue weighted by Gasteiger charge is -2.04. The molecular formula is C28H56N2O2. The second-order valence-electron chi connectivity index (χ2n) is 9.48. The molecule has 0 amide bonds. The fourth-order valence-corrected chi connectivity index (χ4v) is 4.13. The third-order valence-electron chi connectivity index (χ3n) is 6.26. The Morgan fingerprint density at radius 2 is 0.938 bits per heavy atom. The van der Waals surface area contributed by atoms with Crippen LogP contribution in [0.15, 0.2) is 10.3 Å². The lowest BCUT2D eigenvalue weighted by atomic mass is 10.0. The smallest absolute Gasteiger partial charge is 0.117 e. The van der Waals surface area contributed by atoms with Crippen LogP contribution >= 0.6 is 0 Å². The average molecular weight is 453 g/mol. The summed E-state index contributed by atoms with van der Waals surface area (Å²) in [7, 11) is 0. The molecule has 190 valence electrons. The minimum absolute atomic E-state index is 0.665. The van der Waals surface area contributed by atoms with Gasteiger partial charge in [0.1, 0.15) is 12.3 Å². The summed E-state index contributed by atoms with van der Waals surface area (Å²) in [5.74, 6) is 0. The molecule has 0 heterocycles. The van der Waals surface area contributed by atoms with Gasteiger partial charge in [-0.2, -0.15) is 0 Å². The van der Waals surface area contributed by atoms with Gasteiger partial charge in [0.15, 0.2) is 0 Å². The molecule has 0 aliphatic heterocycles. The number of hydrogen-bond acceptors (Lipinski definition) is 4. The second-order valence-corrected chi connectivity index (χ2v) is 9.48. The maximum atomic E-state index is 8.85. The first-order valence-electron chi connectivity index (χ1n) is 14.2. The zero-order chi connectivity index (χ0) is 23.4. The summed E-state index contributed by atoms with van der Waals surface area (Å²) in [6.07, 6.45) is 31.5. The van der Waals surface area contributed by atoms with E-state index in [9.17, 15) is 0 Å². The molecule has 0 fully saturated rings. The summed E-state index contributed by atoms with van der Waals surface area (Å²) in [6, 6.07) is 0. The lowest BCUT2D eigenvalue weighted by Crippen LogP contribution is -2.02. The Kier molecular flexibility index (Phi) is 27.0. The Balaban J connectivity index is 3.51. The van der Waals surface area contributed by atoms with Gasteiger partial charge < -0.3 is 10.0 Å². The van der Waals surface area contributed by atoms with Crippen LogP contribution in [-0.4, -0.2) is 23.7 Å². The van der Waals surface area contributed by atoms with Gasteiger partial charge >= 0.3 is 0 Å². The van der Waals surface area contributed by atoms with Gasteiger partial charge in [0, 0.05) is 0 Å².